The van der Waals surface area contributed by atoms with E-state index in [0.29, 0.717) is 22.6 Å². The number of thioether (sulfide) groups is 1. The number of nitrogens with zero attached hydrogens (tertiary/aromatic N) is 1. The highest BCUT2D eigenvalue weighted by Gasteiger charge is 2.23. The van der Waals surface area contributed by atoms with E-state index in [9.17, 15) is 4.39 Å². The highest BCUT2D eigenvalue weighted by atomic mass is 32.2. The molecule has 6 heteroatoms. The van der Waals surface area contributed by atoms with Gasteiger partial charge in [-0.25, -0.2) is 4.39 Å². The van der Waals surface area contributed by atoms with Crippen molar-refractivity contribution in [2.75, 3.05) is 13.1 Å². The third-order valence-corrected chi connectivity index (χ3v) is 4.49. The van der Waals surface area contributed by atoms with Crippen LogP contribution in [0, 0.1) is 5.82 Å². The first-order valence-electron chi connectivity index (χ1n) is 6.48. The predicted octanol–water partition coefficient (Wildman–Crippen LogP) is 0.831. The van der Waals surface area contributed by atoms with Crippen LogP contribution in [-0.4, -0.2) is 45.7 Å². The first-order valence-corrected chi connectivity index (χ1v) is 7.42. The second kappa shape index (κ2) is 6.26. The quantitative estimate of drug-likeness (QED) is 0.807. The van der Waals surface area contributed by atoms with E-state index < -0.39 is 7.12 Å². The fourth-order valence-electron chi connectivity index (χ4n) is 2.51. The van der Waals surface area contributed by atoms with E-state index in [1.165, 1.54) is 6.07 Å². The Morgan fingerprint density at radius 2 is 1.95 bits per heavy atom. The van der Waals surface area contributed by atoms with Crippen molar-refractivity contribution in [1.82, 2.24) is 4.90 Å². The minimum absolute atomic E-state index is 0.192. The smallest absolute Gasteiger partial charge is 0.423 e. The molecule has 0 radical (unpaired) electrons. The number of hydrogen-bond donors (Lipinski definition) is 2. The minimum Gasteiger partial charge on any atom is -0.423 e. The van der Waals surface area contributed by atoms with Crippen LogP contribution in [-0.2, 0) is 6.54 Å². The van der Waals surface area contributed by atoms with Crippen LogP contribution in [0.15, 0.2) is 18.2 Å². The average molecular weight is 283 g/mol. The lowest BCUT2D eigenvalue weighted by molar-refractivity contribution is 0.259. The molecule has 104 valence electrons. The second-order valence-electron chi connectivity index (χ2n) is 5.18. The van der Waals surface area contributed by atoms with Gasteiger partial charge in [0.1, 0.15) is 5.82 Å². The van der Waals surface area contributed by atoms with Gasteiger partial charge in [-0.1, -0.05) is 26.0 Å². The minimum atomic E-state index is -1.62. The van der Waals surface area contributed by atoms with E-state index >= 15 is 0 Å². The molecular weight excluding hydrogens is 264 g/mol. The first kappa shape index (κ1) is 14.8. The summed E-state index contributed by atoms with van der Waals surface area (Å²) in [7, 11) is -1.62. The molecule has 2 atom stereocenters. The molecule has 0 saturated carbocycles. The van der Waals surface area contributed by atoms with Crippen molar-refractivity contribution in [2.45, 2.75) is 30.9 Å². The highest BCUT2D eigenvalue weighted by molar-refractivity contribution is 8.00. The summed E-state index contributed by atoms with van der Waals surface area (Å²) in [6.07, 6.45) is 0. The third kappa shape index (κ3) is 3.95. The van der Waals surface area contributed by atoms with Gasteiger partial charge in [0.15, 0.2) is 0 Å². The second-order valence-corrected chi connectivity index (χ2v) is 7.06. The summed E-state index contributed by atoms with van der Waals surface area (Å²) in [5.74, 6) is -0.371. The zero-order chi connectivity index (χ0) is 14.0. The standard InChI is InChI=1S/C13H19BFNO2S/c1-9-6-16(7-10(2)19-9)8-11-3-4-12(14(17)18)5-13(11)15/h3-5,9-10,17-18H,6-8H2,1-2H3. The molecule has 0 spiro atoms. The Balaban J connectivity index is 2.06. The van der Waals surface area contributed by atoms with Crippen molar-refractivity contribution in [3.63, 3.8) is 0 Å². The molecule has 2 N–H and O–H groups in total. The molecule has 1 aliphatic heterocycles. The van der Waals surface area contributed by atoms with E-state index in [1.54, 1.807) is 12.1 Å². The number of benzene rings is 1. The van der Waals surface area contributed by atoms with Crippen LogP contribution in [0.4, 0.5) is 4.39 Å². The lowest BCUT2D eigenvalue weighted by Gasteiger charge is -2.34. The van der Waals surface area contributed by atoms with Gasteiger partial charge in [0.25, 0.3) is 0 Å². The van der Waals surface area contributed by atoms with Gasteiger partial charge in [-0.05, 0) is 11.5 Å². The van der Waals surface area contributed by atoms with Crippen LogP contribution in [0.3, 0.4) is 0 Å². The molecule has 1 aliphatic rings. The van der Waals surface area contributed by atoms with Crippen LogP contribution >= 0.6 is 11.8 Å². The summed E-state index contributed by atoms with van der Waals surface area (Å²) < 4.78 is 13.9. The number of halogens is 1. The first-order chi connectivity index (χ1) is 8.95. The Labute approximate surface area is 118 Å². The molecule has 1 aromatic rings. The van der Waals surface area contributed by atoms with Crippen LogP contribution < -0.4 is 5.46 Å². The molecule has 0 aliphatic carbocycles. The Hall–Kier alpha value is -0.555. The SMILES string of the molecule is CC1CN(Cc2ccc(B(O)O)cc2F)CC(C)S1. The molecule has 3 nitrogen and oxygen atoms in total. The number of hydrogen-bond acceptors (Lipinski definition) is 4. The fourth-order valence-corrected chi connectivity index (χ4v) is 3.89. The van der Waals surface area contributed by atoms with E-state index in [-0.39, 0.29) is 11.3 Å². The normalized spacial score (nSPS) is 24.5. The Kier molecular flexibility index (Phi) is 4.89. The molecule has 1 aromatic carbocycles. The van der Waals surface area contributed by atoms with Gasteiger partial charge in [-0.2, -0.15) is 11.8 Å². The molecule has 1 saturated heterocycles. The highest BCUT2D eigenvalue weighted by Crippen LogP contribution is 2.25. The topological polar surface area (TPSA) is 43.7 Å². The fraction of sp³-hybridized carbons (Fsp3) is 0.538. The maximum Gasteiger partial charge on any atom is 0.488 e. The van der Waals surface area contributed by atoms with E-state index in [1.807, 2.05) is 11.8 Å². The van der Waals surface area contributed by atoms with Gasteiger partial charge in [0.2, 0.25) is 0 Å². The molecule has 1 heterocycles. The third-order valence-electron chi connectivity index (χ3n) is 3.26. The Morgan fingerprint density at radius 1 is 1.32 bits per heavy atom. The molecule has 19 heavy (non-hydrogen) atoms. The summed E-state index contributed by atoms with van der Waals surface area (Å²) >= 11 is 1.96. The molecule has 0 aromatic heterocycles. The van der Waals surface area contributed by atoms with Crippen molar-refractivity contribution in [3.8, 4) is 0 Å². The van der Waals surface area contributed by atoms with Gasteiger partial charge in [-0.15, -0.1) is 0 Å². The summed E-state index contributed by atoms with van der Waals surface area (Å²) in [5.41, 5.74) is 0.799. The van der Waals surface area contributed by atoms with Crippen molar-refractivity contribution in [3.05, 3.63) is 29.6 Å². The largest absolute Gasteiger partial charge is 0.488 e. The lowest BCUT2D eigenvalue weighted by atomic mass is 9.80. The van der Waals surface area contributed by atoms with Crippen molar-refractivity contribution in [1.29, 1.82) is 0 Å². The van der Waals surface area contributed by atoms with Crippen molar-refractivity contribution < 1.29 is 14.4 Å². The molecule has 2 unspecified atom stereocenters. The Morgan fingerprint density at radius 3 is 2.47 bits per heavy atom. The zero-order valence-corrected chi connectivity index (χ0v) is 12.0. The van der Waals surface area contributed by atoms with Gasteiger partial charge in [0.05, 0.1) is 0 Å². The lowest BCUT2D eigenvalue weighted by Crippen LogP contribution is -2.40. The number of rotatable bonds is 3. The molecule has 2 rings (SSSR count). The van der Waals surface area contributed by atoms with Crippen LogP contribution in [0.1, 0.15) is 19.4 Å². The van der Waals surface area contributed by atoms with E-state index in [0.717, 1.165) is 13.1 Å². The van der Waals surface area contributed by atoms with Crippen molar-refractivity contribution in [2.24, 2.45) is 0 Å². The molecule has 0 amide bonds. The summed E-state index contributed by atoms with van der Waals surface area (Å²) in [6.45, 7) is 6.87. The molecule has 0 bridgehead atoms. The van der Waals surface area contributed by atoms with Crippen LogP contribution in [0.5, 0.6) is 0 Å². The van der Waals surface area contributed by atoms with E-state index in [4.69, 9.17) is 10.0 Å². The average Bonchev–Trinajstić information content (AvgIpc) is 2.30. The van der Waals surface area contributed by atoms with Crippen LogP contribution in [0.2, 0.25) is 0 Å². The predicted molar refractivity (Wildman–Crippen MR) is 78.0 cm³/mol. The van der Waals surface area contributed by atoms with Gasteiger partial charge in [-0.3, -0.25) is 4.90 Å². The maximum atomic E-state index is 13.9. The van der Waals surface area contributed by atoms with Gasteiger partial charge < -0.3 is 10.0 Å². The van der Waals surface area contributed by atoms with Crippen LogP contribution in [0.25, 0.3) is 0 Å². The van der Waals surface area contributed by atoms with Gasteiger partial charge >= 0.3 is 7.12 Å². The zero-order valence-electron chi connectivity index (χ0n) is 11.2. The maximum absolute atomic E-state index is 13.9. The van der Waals surface area contributed by atoms with Gasteiger partial charge in [0, 0.05) is 35.7 Å². The monoisotopic (exact) mass is 283 g/mol. The van der Waals surface area contributed by atoms with E-state index in [2.05, 4.69) is 18.7 Å². The summed E-state index contributed by atoms with van der Waals surface area (Å²) in [5, 5.41) is 19.1. The van der Waals surface area contributed by atoms with Crippen molar-refractivity contribution >= 4 is 24.3 Å². The summed E-state index contributed by atoms with van der Waals surface area (Å²) in [4.78, 5) is 2.25. The molecule has 1 fully saturated rings. The summed E-state index contributed by atoms with van der Waals surface area (Å²) in [6, 6.07) is 4.40. The molecular formula is C13H19BFNO2S. The Bertz CT molecular complexity index is 437.